The zero-order chi connectivity index (χ0) is 12.7. The van der Waals surface area contributed by atoms with Crippen LogP contribution in [0.25, 0.3) is 4.98 Å². The van der Waals surface area contributed by atoms with E-state index in [1.807, 2.05) is 36.4 Å². The Morgan fingerprint density at radius 1 is 0.941 bits per heavy atom. The Morgan fingerprint density at radius 3 is 1.88 bits per heavy atom. The summed E-state index contributed by atoms with van der Waals surface area (Å²) < 4.78 is 2.26. The Hall–Kier alpha value is -0.880. The molecule has 0 radical (unpaired) electrons. The first-order valence-electron chi connectivity index (χ1n) is 4.73. The molecular formula is C12H10I2N3+. The van der Waals surface area contributed by atoms with Crippen molar-refractivity contribution in [1.82, 2.24) is 0 Å². The molecule has 5 heteroatoms. The van der Waals surface area contributed by atoms with Crippen molar-refractivity contribution in [3.8, 4) is 0 Å². The van der Waals surface area contributed by atoms with Crippen LogP contribution in [0.5, 0.6) is 0 Å². The molecular weight excluding hydrogens is 440 g/mol. The van der Waals surface area contributed by atoms with Gasteiger partial charge in [0.05, 0.1) is 0 Å². The Labute approximate surface area is 127 Å². The average Bonchev–Trinajstić information content (AvgIpc) is 2.29. The minimum absolute atomic E-state index is 0.599. The predicted octanol–water partition coefficient (Wildman–Crippen LogP) is 4.65. The highest BCUT2D eigenvalue weighted by Crippen LogP contribution is 2.14. The molecule has 0 heterocycles. The monoisotopic (exact) mass is 450 g/mol. The average molecular weight is 450 g/mol. The summed E-state index contributed by atoms with van der Waals surface area (Å²) in [6.07, 6.45) is 0. The lowest BCUT2D eigenvalue weighted by molar-refractivity contribution is 1.46. The second-order valence-corrected chi connectivity index (χ2v) is 5.63. The highest BCUT2D eigenvalue weighted by molar-refractivity contribution is 14.1. The smallest absolute Gasteiger partial charge is 0.386 e. The quantitative estimate of drug-likeness (QED) is 0.361. The fourth-order valence-corrected chi connectivity index (χ4v) is 2.14. The van der Waals surface area contributed by atoms with Gasteiger partial charge in [-0.15, -0.1) is 0 Å². The number of hydrogen-bond acceptors (Lipinski definition) is 2. The van der Waals surface area contributed by atoms with Gasteiger partial charge in [0.2, 0.25) is 5.39 Å². The minimum Gasteiger partial charge on any atom is -0.399 e. The summed E-state index contributed by atoms with van der Waals surface area (Å²) in [4.78, 5) is 3.03. The molecule has 2 aromatic carbocycles. The minimum atomic E-state index is 0.599. The van der Waals surface area contributed by atoms with E-state index >= 15 is 0 Å². The second-order valence-electron chi connectivity index (χ2n) is 3.13. The highest BCUT2D eigenvalue weighted by Gasteiger charge is 2.00. The standard InChI is InChI=1S/C6H4IN2.C6H6IN/c7-5-2-1-3-6(4-5)9-8;7-5-2-1-3-6(8)4-5/h1-4H;1-4H,8H2/q+1;. The Bertz CT molecular complexity index is 518. The van der Waals surface area contributed by atoms with Crippen LogP contribution in [0.1, 0.15) is 0 Å². The number of nitrogen functional groups attached to an aromatic ring is 1. The van der Waals surface area contributed by atoms with Crippen LogP contribution in [0.3, 0.4) is 0 Å². The van der Waals surface area contributed by atoms with E-state index in [4.69, 9.17) is 11.1 Å². The summed E-state index contributed by atoms with van der Waals surface area (Å²) >= 11 is 4.38. The molecule has 3 nitrogen and oxygen atoms in total. The van der Waals surface area contributed by atoms with E-state index in [9.17, 15) is 0 Å². The van der Waals surface area contributed by atoms with E-state index < -0.39 is 0 Å². The largest absolute Gasteiger partial charge is 0.399 e. The van der Waals surface area contributed by atoms with Gasteiger partial charge >= 0.3 is 5.69 Å². The zero-order valence-electron chi connectivity index (χ0n) is 8.85. The first-order valence-corrected chi connectivity index (χ1v) is 6.89. The van der Waals surface area contributed by atoms with Gasteiger partial charge < -0.3 is 5.73 Å². The molecule has 86 valence electrons. The third kappa shape index (κ3) is 5.83. The molecule has 0 saturated heterocycles. The topological polar surface area (TPSA) is 54.2 Å². The predicted molar refractivity (Wildman–Crippen MR) is 87.5 cm³/mol. The van der Waals surface area contributed by atoms with Crippen molar-refractivity contribution in [2.75, 3.05) is 5.73 Å². The number of diazo groups is 1. The Morgan fingerprint density at radius 2 is 1.53 bits per heavy atom. The summed E-state index contributed by atoms with van der Waals surface area (Å²) in [7, 11) is 0. The molecule has 17 heavy (non-hydrogen) atoms. The molecule has 0 spiro atoms. The summed E-state index contributed by atoms with van der Waals surface area (Å²) in [5.74, 6) is 0. The fraction of sp³-hybridized carbons (Fsp3) is 0. The molecule has 0 aromatic heterocycles. The van der Waals surface area contributed by atoms with Crippen molar-refractivity contribution in [3.63, 3.8) is 0 Å². The molecule has 0 unspecified atom stereocenters. The maximum atomic E-state index is 8.28. The lowest BCUT2D eigenvalue weighted by Gasteiger charge is -1.89. The molecule has 0 saturated carbocycles. The summed E-state index contributed by atoms with van der Waals surface area (Å²) in [6.45, 7) is 0. The van der Waals surface area contributed by atoms with Crippen LogP contribution >= 0.6 is 45.2 Å². The number of nitrogens with two attached hydrogens (primary N) is 1. The number of halogens is 2. The highest BCUT2D eigenvalue weighted by atomic mass is 127. The Balaban J connectivity index is 0.000000171. The molecule has 0 bridgehead atoms. The van der Waals surface area contributed by atoms with E-state index in [1.54, 1.807) is 12.1 Å². The molecule has 2 rings (SSSR count). The van der Waals surface area contributed by atoms with Crippen molar-refractivity contribution in [2.45, 2.75) is 0 Å². The van der Waals surface area contributed by atoms with Crippen molar-refractivity contribution in [1.29, 1.82) is 5.39 Å². The number of hydrogen-bond donors (Lipinski definition) is 1. The van der Waals surface area contributed by atoms with Gasteiger partial charge in [-0.2, -0.15) is 0 Å². The van der Waals surface area contributed by atoms with E-state index in [-0.39, 0.29) is 0 Å². The van der Waals surface area contributed by atoms with Crippen LogP contribution in [0.4, 0.5) is 11.4 Å². The molecule has 0 fully saturated rings. The van der Waals surface area contributed by atoms with Gasteiger partial charge in [0.1, 0.15) is 0 Å². The first-order chi connectivity index (χ1) is 8.11. The van der Waals surface area contributed by atoms with Gasteiger partial charge in [-0.3, -0.25) is 0 Å². The number of anilines is 1. The van der Waals surface area contributed by atoms with E-state index in [0.29, 0.717) is 5.69 Å². The first kappa shape index (κ1) is 14.2. The molecule has 2 aromatic rings. The van der Waals surface area contributed by atoms with Gasteiger partial charge in [0.25, 0.3) is 0 Å². The third-order valence-electron chi connectivity index (χ3n) is 1.77. The number of nitrogens with zero attached hydrogens (tertiary/aromatic N) is 2. The number of rotatable bonds is 0. The van der Waals surface area contributed by atoms with E-state index in [2.05, 4.69) is 50.2 Å². The van der Waals surface area contributed by atoms with Crippen LogP contribution in [0, 0.1) is 12.5 Å². The molecule has 0 amide bonds. The Kier molecular flexibility index (Phi) is 6.21. The number of benzene rings is 2. The maximum absolute atomic E-state index is 8.28. The SMILES string of the molecule is N#[N+]c1cccc(I)c1.Nc1cccc(I)c1. The van der Waals surface area contributed by atoms with Gasteiger partial charge in [-0.25, -0.2) is 0 Å². The fourth-order valence-electron chi connectivity index (χ4n) is 1.04. The normalized spacial score (nSPS) is 8.76. The molecule has 2 N–H and O–H groups in total. The second kappa shape index (κ2) is 7.45. The molecule has 0 aliphatic carbocycles. The van der Waals surface area contributed by atoms with Gasteiger partial charge in [0, 0.05) is 25.0 Å². The van der Waals surface area contributed by atoms with Gasteiger partial charge in [-0.05, 0) is 69.4 Å². The van der Waals surface area contributed by atoms with Crippen LogP contribution in [-0.4, -0.2) is 0 Å². The lowest BCUT2D eigenvalue weighted by Crippen LogP contribution is -1.82. The van der Waals surface area contributed by atoms with Gasteiger partial charge in [0.15, 0.2) is 4.98 Å². The van der Waals surface area contributed by atoms with Crippen LogP contribution in [0.15, 0.2) is 48.5 Å². The lowest BCUT2D eigenvalue weighted by atomic mass is 10.3. The van der Waals surface area contributed by atoms with E-state index in [0.717, 1.165) is 9.26 Å². The molecule has 0 aliphatic rings. The van der Waals surface area contributed by atoms with Crippen molar-refractivity contribution in [3.05, 3.63) is 60.6 Å². The van der Waals surface area contributed by atoms with Crippen molar-refractivity contribution < 1.29 is 0 Å². The summed E-state index contributed by atoms with van der Waals surface area (Å²) in [6, 6.07) is 15.1. The van der Waals surface area contributed by atoms with Gasteiger partial charge in [-0.1, -0.05) is 12.1 Å². The van der Waals surface area contributed by atoms with Crippen LogP contribution in [-0.2, 0) is 0 Å². The maximum Gasteiger partial charge on any atom is 0.386 e. The zero-order valence-corrected chi connectivity index (χ0v) is 13.2. The van der Waals surface area contributed by atoms with Crippen molar-refractivity contribution in [2.24, 2.45) is 0 Å². The molecule has 0 atom stereocenters. The van der Waals surface area contributed by atoms with E-state index in [1.165, 1.54) is 3.57 Å². The van der Waals surface area contributed by atoms with Crippen LogP contribution in [0.2, 0.25) is 0 Å². The molecule has 0 aliphatic heterocycles. The summed E-state index contributed by atoms with van der Waals surface area (Å²) in [5.41, 5.74) is 6.88. The third-order valence-corrected chi connectivity index (χ3v) is 3.11. The van der Waals surface area contributed by atoms with Crippen LogP contribution < -0.4 is 5.73 Å². The summed E-state index contributed by atoms with van der Waals surface area (Å²) in [5, 5.41) is 8.28. The van der Waals surface area contributed by atoms with Crippen molar-refractivity contribution >= 4 is 56.6 Å².